The van der Waals surface area contributed by atoms with E-state index in [9.17, 15) is 4.79 Å². The van der Waals surface area contributed by atoms with E-state index in [2.05, 4.69) is 5.73 Å². The van der Waals surface area contributed by atoms with E-state index in [-0.39, 0.29) is 5.92 Å². The molecule has 0 aromatic carbocycles. The summed E-state index contributed by atoms with van der Waals surface area (Å²) in [4.78, 5) is 10.5. The van der Waals surface area contributed by atoms with Gasteiger partial charge in [0.1, 0.15) is 0 Å². The van der Waals surface area contributed by atoms with Crippen molar-refractivity contribution >= 4 is 5.97 Å². The molecule has 4 heteroatoms. The molecular formula is C10H25N2O2+. The van der Waals surface area contributed by atoms with Crippen LogP contribution < -0.4 is 11.5 Å². The quantitative estimate of drug-likeness (QED) is 0.589. The van der Waals surface area contributed by atoms with Crippen molar-refractivity contribution in [3.63, 3.8) is 0 Å². The predicted molar refractivity (Wildman–Crippen MR) is 57.8 cm³/mol. The van der Waals surface area contributed by atoms with Crippen molar-refractivity contribution in [2.45, 2.75) is 39.5 Å². The lowest BCUT2D eigenvalue weighted by Crippen LogP contribution is -2.53. The molecule has 0 rings (SSSR count). The summed E-state index contributed by atoms with van der Waals surface area (Å²) in [7, 11) is 0. The van der Waals surface area contributed by atoms with Crippen LogP contribution in [0.4, 0.5) is 0 Å². The van der Waals surface area contributed by atoms with Crippen LogP contribution in [0.15, 0.2) is 0 Å². The van der Waals surface area contributed by atoms with Crippen molar-refractivity contribution in [1.29, 1.82) is 0 Å². The first-order valence-corrected chi connectivity index (χ1v) is 5.36. The van der Waals surface area contributed by atoms with Crippen molar-refractivity contribution in [2.75, 3.05) is 13.1 Å². The first-order valence-electron chi connectivity index (χ1n) is 5.36. The van der Waals surface area contributed by atoms with Crippen LogP contribution in [0.1, 0.15) is 39.5 Å². The standard InChI is InChI=1S/C8H16O2.C2H8N2/c1-3-5-7(6-4-2)8(9)10;3-1-2-4/h7H,3-6H2,1-2H3,(H,9,10);1-4H2/p+1. The van der Waals surface area contributed by atoms with Crippen molar-refractivity contribution in [3.05, 3.63) is 0 Å². The molecule has 0 saturated heterocycles. The van der Waals surface area contributed by atoms with Gasteiger partial charge in [-0.1, -0.05) is 26.7 Å². The van der Waals surface area contributed by atoms with Crippen LogP contribution in [-0.4, -0.2) is 24.2 Å². The fourth-order valence-electron chi connectivity index (χ4n) is 1.09. The highest BCUT2D eigenvalue weighted by Crippen LogP contribution is 2.12. The molecule has 0 heterocycles. The van der Waals surface area contributed by atoms with Gasteiger partial charge in [-0.15, -0.1) is 0 Å². The second kappa shape index (κ2) is 12.4. The zero-order chi connectivity index (χ0) is 11.4. The Kier molecular flexibility index (Phi) is 14.0. The van der Waals surface area contributed by atoms with Gasteiger partial charge in [0, 0.05) is 6.54 Å². The number of aliphatic carboxylic acids is 1. The molecule has 0 amide bonds. The van der Waals surface area contributed by atoms with Crippen LogP contribution in [-0.2, 0) is 4.79 Å². The van der Waals surface area contributed by atoms with Crippen LogP contribution in [0.25, 0.3) is 0 Å². The number of hydrogen-bond acceptors (Lipinski definition) is 2. The van der Waals surface area contributed by atoms with Crippen molar-refractivity contribution in [2.24, 2.45) is 11.7 Å². The van der Waals surface area contributed by atoms with Gasteiger partial charge in [-0.2, -0.15) is 0 Å². The summed E-state index contributed by atoms with van der Waals surface area (Å²) in [5.74, 6) is -0.737. The zero-order valence-electron chi connectivity index (χ0n) is 9.46. The lowest BCUT2D eigenvalue weighted by molar-refractivity contribution is -0.363. The minimum atomic E-state index is -0.635. The van der Waals surface area contributed by atoms with E-state index in [1.54, 1.807) is 0 Å². The third kappa shape index (κ3) is 11.4. The monoisotopic (exact) mass is 205 g/mol. The van der Waals surface area contributed by atoms with Gasteiger partial charge < -0.3 is 16.6 Å². The van der Waals surface area contributed by atoms with Crippen LogP contribution in [0, 0.1) is 5.92 Å². The lowest BCUT2D eigenvalue weighted by Gasteiger charge is -2.07. The Morgan fingerprint density at radius 2 is 1.71 bits per heavy atom. The molecule has 4 nitrogen and oxygen atoms in total. The number of carbonyl (C=O) groups is 1. The average molecular weight is 205 g/mol. The van der Waals surface area contributed by atoms with Crippen LogP contribution >= 0.6 is 0 Å². The fourth-order valence-corrected chi connectivity index (χ4v) is 1.09. The Bertz CT molecular complexity index is 121. The minimum Gasteiger partial charge on any atom is -0.481 e. The van der Waals surface area contributed by atoms with E-state index in [1.165, 1.54) is 0 Å². The Morgan fingerprint density at radius 3 is 1.86 bits per heavy atom. The molecule has 0 aliphatic rings. The molecule has 0 unspecified atom stereocenters. The highest BCUT2D eigenvalue weighted by molar-refractivity contribution is 5.69. The first kappa shape index (κ1) is 15.8. The summed E-state index contributed by atoms with van der Waals surface area (Å²) < 4.78 is 0. The van der Waals surface area contributed by atoms with Crippen LogP contribution in [0.3, 0.4) is 0 Å². The highest BCUT2D eigenvalue weighted by atomic mass is 16.4. The maximum atomic E-state index is 10.5. The Morgan fingerprint density at radius 1 is 1.36 bits per heavy atom. The number of quaternary nitrogens is 1. The number of carboxylic acid groups (broad SMARTS) is 1. The molecule has 86 valence electrons. The van der Waals surface area contributed by atoms with Crippen molar-refractivity contribution < 1.29 is 15.6 Å². The third-order valence-corrected chi connectivity index (χ3v) is 1.83. The van der Waals surface area contributed by atoms with Crippen LogP contribution in [0.2, 0.25) is 0 Å². The minimum absolute atomic E-state index is 0.102. The van der Waals surface area contributed by atoms with E-state index in [1.807, 2.05) is 13.8 Å². The van der Waals surface area contributed by atoms with Crippen molar-refractivity contribution in [1.82, 2.24) is 0 Å². The van der Waals surface area contributed by atoms with Gasteiger partial charge in [-0.25, -0.2) is 0 Å². The van der Waals surface area contributed by atoms with E-state index in [0.717, 1.165) is 32.2 Å². The van der Waals surface area contributed by atoms with Gasteiger partial charge >= 0.3 is 5.97 Å². The maximum absolute atomic E-state index is 10.5. The molecule has 6 N–H and O–H groups in total. The summed E-state index contributed by atoms with van der Waals surface area (Å²) in [6.45, 7) is 5.59. The third-order valence-electron chi connectivity index (χ3n) is 1.83. The summed E-state index contributed by atoms with van der Waals surface area (Å²) in [6.07, 6.45) is 3.58. The maximum Gasteiger partial charge on any atom is 0.306 e. The topological polar surface area (TPSA) is 91.0 Å². The fraction of sp³-hybridized carbons (Fsp3) is 0.900. The molecule has 0 fully saturated rings. The lowest BCUT2D eigenvalue weighted by atomic mass is 9.99. The summed E-state index contributed by atoms with van der Waals surface area (Å²) in [5, 5.41) is 8.64. The normalized spacial score (nSPS) is 9.50. The number of hydrogen-bond donors (Lipinski definition) is 3. The molecular weight excluding hydrogens is 180 g/mol. The summed E-state index contributed by atoms with van der Waals surface area (Å²) >= 11 is 0. The second-order valence-corrected chi connectivity index (χ2v) is 3.25. The Balaban J connectivity index is 0. The SMILES string of the molecule is CCCC(CCC)C(=O)O.NCC[NH3+]. The number of rotatable bonds is 6. The van der Waals surface area contributed by atoms with Crippen LogP contribution in [0.5, 0.6) is 0 Å². The van der Waals surface area contributed by atoms with E-state index in [0.29, 0.717) is 6.54 Å². The average Bonchev–Trinajstić information content (AvgIpc) is 2.18. The molecule has 14 heavy (non-hydrogen) atoms. The molecule has 0 aromatic rings. The van der Waals surface area contributed by atoms with Gasteiger partial charge in [-0.3, -0.25) is 4.79 Å². The Labute approximate surface area is 86.7 Å². The molecule has 0 spiro atoms. The van der Waals surface area contributed by atoms with Gasteiger partial charge in [-0.05, 0) is 12.8 Å². The summed E-state index contributed by atoms with van der Waals surface area (Å²) in [6, 6.07) is 0. The van der Waals surface area contributed by atoms with E-state index in [4.69, 9.17) is 10.8 Å². The smallest absolute Gasteiger partial charge is 0.306 e. The molecule has 0 bridgehead atoms. The summed E-state index contributed by atoms with van der Waals surface area (Å²) in [5.41, 5.74) is 8.44. The van der Waals surface area contributed by atoms with Gasteiger partial charge in [0.2, 0.25) is 0 Å². The highest BCUT2D eigenvalue weighted by Gasteiger charge is 2.13. The molecule has 0 aromatic heterocycles. The molecule has 0 atom stereocenters. The van der Waals surface area contributed by atoms with Gasteiger partial charge in [0.25, 0.3) is 0 Å². The Hall–Kier alpha value is -0.610. The number of carboxylic acids is 1. The molecule has 0 aliphatic carbocycles. The van der Waals surface area contributed by atoms with E-state index < -0.39 is 5.97 Å². The van der Waals surface area contributed by atoms with Gasteiger partial charge in [0.15, 0.2) is 0 Å². The largest absolute Gasteiger partial charge is 0.481 e. The first-order chi connectivity index (χ1) is 6.63. The second-order valence-electron chi connectivity index (χ2n) is 3.25. The van der Waals surface area contributed by atoms with Gasteiger partial charge in [0.05, 0.1) is 12.5 Å². The number of nitrogens with two attached hydrogens (primary N) is 1. The molecule has 0 aliphatic heterocycles. The van der Waals surface area contributed by atoms with E-state index >= 15 is 0 Å². The molecule has 0 saturated carbocycles. The predicted octanol–water partition coefficient (Wildman–Crippen LogP) is 0.474. The zero-order valence-corrected chi connectivity index (χ0v) is 9.46. The molecule has 0 radical (unpaired) electrons. The van der Waals surface area contributed by atoms with Crippen molar-refractivity contribution in [3.8, 4) is 0 Å².